The van der Waals surface area contributed by atoms with Crippen LogP contribution in [-0.4, -0.2) is 0 Å². The molecule has 0 saturated carbocycles. The average molecular weight is 291 g/mol. The first-order valence-electron chi connectivity index (χ1n) is 6.19. The summed E-state index contributed by atoms with van der Waals surface area (Å²) >= 11 is 3.68. The molecule has 1 aliphatic carbocycles. The van der Waals surface area contributed by atoms with Crippen LogP contribution in [0.2, 0.25) is 0 Å². The van der Waals surface area contributed by atoms with Crippen LogP contribution in [-0.2, 0) is 0 Å². The molecule has 0 aromatic heterocycles. The fraction of sp³-hybridized carbons (Fsp3) is 0.375. The number of rotatable bonds is 2. The molecular formula is C16H19Br. The molecule has 2 rings (SSSR count). The highest BCUT2D eigenvalue weighted by atomic mass is 79.9. The van der Waals surface area contributed by atoms with Gasteiger partial charge in [-0.1, -0.05) is 78.3 Å². The lowest BCUT2D eigenvalue weighted by atomic mass is 9.79. The maximum absolute atomic E-state index is 3.68. The van der Waals surface area contributed by atoms with Gasteiger partial charge >= 0.3 is 0 Å². The molecule has 1 aromatic carbocycles. The van der Waals surface area contributed by atoms with Crippen molar-refractivity contribution in [1.29, 1.82) is 0 Å². The Balaban J connectivity index is 2.11. The standard InChI is InChI=1S/C16H19Br/c1-16(2)10-8-13(9-11-16)12-15(17)14-6-4-3-5-7-14/h3-8,10,12-13H,9,11H2,1-2H3/b15-12-. The Morgan fingerprint density at radius 3 is 2.59 bits per heavy atom. The van der Waals surface area contributed by atoms with E-state index in [-0.39, 0.29) is 0 Å². The first-order chi connectivity index (χ1) is 8.07. The van der Waals surface area contributed by atoms with Crippen molar-refractivity contribution < 1.29 is 0 Å². The van der Waals surface area contributed by atoms with Crippen molar-refractivity contribution in [3.05, 3.63) is 54.1 Å². The summed E-state index contributed by atoms with van der Waals surface area (Å²) in [5, 5.41) is 0. The van der Waals surface area contributed by atoms with Gasteiger partial charge in [0, 0.05) is 4.48 Å². The second-order valence-electron chi connectivity index (χ2n) is 5.43. The molecule has 1 aromatic rings. The molecule has 0 nitrogen and oxygen atoms in total. The Morgan fingerprint density at radius 1 is 1.29 bits per heavy atom. The molecule has 90 valence electrons. The molecule has 1 atom stereocenters. The van der Waals surface area contributed by atoms with Crippen molar-refractivity contribution in [1.82, 2.24) is 0 Å². The summed E-state index contributed by atoms with van der Waals surface area (Å²) in [6.07, 6.45) is 9.52. The Kier molecular flexibility index (Phi) is 3.88. The minimum atomic E-state index is 0.379. The monoisotopic (exact) mass is 290 g/mol. The Bertz CT molecular complexity index is 426. The van der Waals surface area contributed by atoms with Crippen LogP contribution in [0, 0.1) is 11.3 Å². The van der Waals surface area contributed by atoms with Gasteiger partial charge in [0.2, 0.25) is 0 Å². The van der Waals surface area contributed by atoms with Crippen molar-refractivity contribution in [2.75, 3.05) is 0 Å². The molecule has 0 aliphatic heterocycles. The van der Waals surface area contributed by atoms with Gasteiger partial charge in [-0.25, -0.2) is 0 Å². The highest BCUT2D eigenvalue weighted by molar-refractivity contribution is 9.15. The van der Waals surface area contributed by atoms with Gasteiger partial charge in [-0.05, 0) is 29.7 Å². The highest BCUT2D eigenvalue weighted by Gasteiger charge is 2.20. The Morgan fingerprint density at radius 2 is 2.00 bits per heavy atom. The van der Waals surface area contributed by atoms with Crippen molar-refractivity contribution in [2.24, 2.45) is 11.3 Å². The zero-order valence-electron chi connectivity index (χ0n) is 10.5. The number of hydrogen-bond acceptors (Lipinski definition) is 0. The van der Waals surface area contributed by atoms with Crippen LogP contribution in [0.25, 0.3) is 4.48 Å². The summed E-state index contributed by atoms with van der Waals surface area (Å²) in [5.74, 6) is 0.567. The molecule has 17 heavy (non-hydrogen) atoms. The van der Waals surface area contributed by atoms with E-state index in [1.54, 1.807) is 0 Å². The molecule has 0 bridgehead atoms. The predicted molar refractivity (Wildman–Crippen MR) is 79.0 cm³/mol. The summed E-state index contributed by atoms with van der Waals surface area (Å²) in [5.41, 5.74) is 1.63. The van der Waals surface area contributed by atoms with Gasteiger partial charge in [-0.15, -0.1) is 0 Å². The van der Waals surface area contributed by atoms with Crippen LogP contribution in [0.4, 0.5) is 0 Å². The average Bonchev–Trinajstić information content (AvgIpc) is 2.33. The molecule has 0 radical (unpaired) electrons. The first-order valence-corrected chi connectivity index (χ1v) is 6.98. The molecular weight excluding hydrogens is 272 g/mol. The summed E-state index contributed by atoms with van der Waals surface area (Å²) < 4.78 is 1.20. The largest absolute Gasteiger partial charge is 0.0823 e. The van der Waals surface area contributed by atoms with Gasteiger partial charge in [0.15, 0.2) is 0 Å². The molecule has 1 unspecified atom stereocenters. The molecule has 0 heterocycles. The molecule has 0 saturated heterocycles. The van der Waals surface area contributed by atoms with Crippen LogP contribution < -0.4 is 0 Å². The lowest BCUT2D eigenvalue weighted by Gasteiger charge is -2.27. The van der Waals surface area contributed by atoms with Crippen LogP contribution in [0.15, 0.2) is 48.6 Å². The maximum atomic E-state index is 3.68. The third kappa shape index (κ3) is 3.57. The topological polar surface area (TPSA) is 0 Å². The van der Waals surface area contributed by atoms with Crippen molar-refractivity contribution in [3.8, 4) is 0 Å². The van der Waals surface area contributed by atoms with E-state index >= 15 is 0 Å². The lowest BCUT2D eigenvalue weighted by molar-refractivity contribution is 0.382. The SMILES string of the molecule is CC1(C)C=CC(/C=C(\Br)c2ccccc2)CC1. The third-order valence-electron chi connectivity index (χ3n) is 3.33. The van der Waals surface area contributed by atoms with E-state index in [2.05, 4.69) is 72.3 Å². The van der Waals surface area contributed by atoms with Crippen LogP contribution in [0.5, 0.6) is 0 Å². The lowest BCUT2D eigenvalue weighted by Crippen LogP contribution is -2.14. The molecule has 1 heteroatoms. The van der Waals surface area contributed by atoms with E-state index in [0.29, 0.717) is 11.3 Å². The van der Waals surface area contributed by atoms with E-state index in [1.165, 1.54) is 22.9 Å². The molecule has 0 spiro atoms. The number of allylic oxidation sites excluding steroid dienone is 3. The highest BCUT2D eigenvalue weighted by Crippen LogP contribution is 2.34. The van der Waals surface area contributed by atoms with E-state index in [0.717, 1.165) is 0 Å². The first kappa shape index (κ1) is 12.6. The second-order valence-corrected chi connectivity index (χ2v) is 6.29. The third-order valence-corrected chi connectivity index (χ3v) is 4.05. The van der Waals surface area contributed by atoms with Crippen LogP contribution in [0.1, 0.15) is 32.3 Å². The normalized spacial score (nSPS) is 23.7. The zero-order valence-corrected chi connectivity index (χ0v) is 12.1. The van der Waals surface area contributed by atoms with Crippen LogP contribution >= 0.6 is 15.9 Å². The fourth-order valence-electron chi connectivity index (χ4n) is 2.12. The smallest absolute Gasteiger partial charge is 0.0213 e. The van der Waals surface area contributed by atoms with Crippen molar-refractivity contribution in [3.63, 3.8) is 0 Å². The minimum absolute atomic E-state index is 0.379. The van der Waals surface area contributed by atoms with Gasteiger partial charge in [0.1, 0.15) is 0 Å². The fourth-order valence-corrected chi connectivity index (χ4v) is 2.73. The Hall–Kier alpha value is -0.820. The van der Waals surface area contributed by atoms with Crippen molar-refractivity contribution in [2.45, 2.75) is 26.7 Å². The van der Waals surface area contributed by atoms with Crippen molar-refractivity contribution >= 4 is 20.4 Å². The minimum Gasteiger partial charge on any atom is -0.0823 e. The number of hydrogen-bond donors (Lipinski definition) is 0. The Labute approximate surface area is 113 Å². The number of benzene rings is 1. The van der Waals surface area contributed by atoms with E-state index < -0.39 is 0 Å². The van der Waals surface area contributed by atoms with Gasteiger partial charge in [-0.2, -0.15) is 0 Å². The summed E-state index contributed by atoms with van der Waals surface area (Å²) in [6.45, 7) is 4.60. The van der Waals surface area contributed by atoms with Crippen LogP contribution in [0.3, 0.4) is 0 Å². The predicted octanol–water partition coefficient (Wildman–Crippen LogP) is 5.41. The second kappa shape index (κ2) is 5.22. The van der Waals surface area contributed by atoms with E-state index in [9.17, 15) is 0 Å². The summed E-state index contributed by atoms with van der Waals surface area (Å²) in [4.78, 5) is 0. The van der Waals surface area contributed by atoms with E-state index in [4.69, 9.17) is 0 Å². The van der Waals surface area contributed by atoms with Gasteiger partial charge < -0.3 is 0 Å². The van der Waals surface area contributed by atoms with Gasteiger partial charge in [0.05, 0.1) is 0 Å². The quantitative estimate of drug-likeness (QED) is 0.639. The summed E-state index contributed by atoms with van der Waals surface area (Å²) in [7, 11) is 0. The van der Waals surface area contributed by atoms with Gasteiger partial charge in [0.25, 0.3) is 0 Å². The van der Waals surface area contributed by atoms with Gasteiger partial charge in [-0.3, -0.25) is 0 Å². The molecule has 1 aliphatic rings. The maximum Gasteiger partial charge on any atom is 0.0213 e. The van der Waals surface area contributed by atoms with E-state index in [1.807, 2.05) is 6.07 Å². The summed E-state index contributed by atoms with van der Waals surface area (Å²) in [6, 6.07) is 10.5. The zero-order chi connectivity index (χ0) is 12.3. The molecule has 0 N–H and O–H groups in total. The number of halogens is 1. The molecule has 0 fully saturated rings. The molecule has 0 amide bonds.